The smallest absolute Gasteiger partial charge is 0.270 e. The van der Waals surface area contributed by atoms with Crippen LogP contribution in [0.2, 0.25) is 0 Å². The van der Waals surface area contributed by atoms with E-state index >= 15 is 0 Å². The van der Waals surface area contributed by atoms with Crippen LogP contribution in [0.1, 0.15) is 5.82 Å². The Hall–Kier alpha value is -2.83. The Kier molecular flexibility index (Phi) is 6.56. The Labute approximate surface area is 167 Å². The fourth-order valence-electron chi connectivity index (χ4n) is 2.73. The average Bonchev–Trinajstić information content (AvgIpc) is 2.71. The van der Waals surface area contributed by atoms with Gasteiger partial charge in [-0.25, -0.2) is 18.1 Å². The van der Waals surface area contributed by atoms with Crippen LogP contribution in [-0.4, -0.2) is 62.8 Å². The summed E-state index contributed by atoms with van der Waals surface area (Å²) in [5, 5.41) is 10.8. The van der Waals surface area contributed by atoms with E-state index in [1.165, 1.54) is 18.2 Å². The number of non-ortho nitro benzene ring substituents is 1. The predicted molar refractivity (Wildman–Crippen MR) is 104 cm³/mol. The van der Waals surface area contributed by atoms with Gasteiger partial charge in [0.05, 0.1) is 23.0 Å². The van der Waals surface area contributed by atoms with E-state index < -0.39 is 14.9 Å². The van der Waals surface area contributed by atoms with Crippen molar-refractivity contribution in [2.75, 3.05) is 44.4 Å². The van der Waals surface area contributed by atoms with Crippen LogP contribution in [0.5, 0.6) is 5.88 Å². The molecule has 1 saturated heterocycles. The summed E-state index contributed by atoms with van der Waals surface area (Å²) in [5.74, 6) is 1.61. The zero-order valence-electron chi connectivity index (χ0n) is 15.8. The molecule has 0 spiro atoms. The predicted octanol–water partition coefficient (Wildman–Crippen LogP) is 0.887. The van der Waals surface area contributed by atoms with Gasteiger partial charge in [0.15, 0.2) is 0 Å². The minimum atomic E-state index is -3.89. The van der Waals surface area contributed by atoms with Crippen molar-refractivity contribution in [3.63, 3.8) is 0 Å². The number of morpholine rings is 1. The molecule has 0 bridgehead atoms. The number of rotatable bonds is 8. The van der Waals surface area contributed by atoms with Gasteiger partial charge in [-0.05, 0) is 13.0 Å². The van der Waals surface area contributed by atoms with Gasteiger partial charge in [0.25, 0.3) is 5.69 Å². The number of ether oxygens (including phenoxy) is 2. The number of nitrogens with one attached hydrogen (secondary N) is 1. The number of anilines is 1. The molecule has 12 heteroatoms. The van der Waals surface area contributed by atoms with Crippen molar-refractivity contribution < 1.29 is 22.8 Å². The van der Waals surface area contributed by atoms with Crippen molar-refractivity contribution in [1.29, 1.82) is 0 Å². The lowest BCUT2D eigenvalue weighted by atomic mass is 10.3. The van der Waals surface area contributed by atoms with E-state index in [2.05, 4.69) is 19.6 Å². The number of sulfonamides is 1. The molecule has 3 rings (SSSR count). The van der Waals surface area contributed by atoms with E-state index in [1.54, 1.807) is 13.0 Å². The second kappa shape index (κ2) is 9.11. The highest BCUT2D eigenvalue weighted by atomic mass is 32.2. The average molecular weight is 423 g/mol. The first-order valence-corrected chi connectivity index (χ1v) is 10.4. The zero-order valence-corrected chi connectivity index (χ0v) is 16.6. The lowest BCUT2D eigenvalue weighted by Crippen LogP contribution is -2.37. The minimum absolute atomic E-state index is 0.0268. The Morgan fingerprint density at radius 3 is 2.76 bits per heavy atom. The summed E-state index contributed by atoms with van der Waals surface area (Å²) in [6.45, 7) is 4.45. The molecule has 1 aromatic heterocycles. The van der Waals surface area contributed by atoms with E-state index in [-0.39, 0.29) is 23.7 Å². The van der Waals surface area contributed by atoms with Gasteiger partial charge in [-0.3, -0.25) is 10.1 Å². The number of nitro groups is 1. The van der Waals surface area contributed by atoms with Crippen molar-refractivity contribution >= 4 is 21.5 Å². The van der Waals surface area contributed by atoms with Gasteiger partial charge in [-0.15, -0.1) is 0 Å². The molecule has 0 aliphatic carbocycles. The molecule has 1 fully saturated rings. The number of aryl methyl sites for hydroxylation is 1. The third-order valence-corrected chi connectivity index (χ3v) is 5.58. The molecule has 0 unspecified atom stereocenters. The number of benzene rings is 1. The molecule has 2 heterocycles. The maximum Gasteiger partial charge on any atom is 0.270 e. The van der Waals surface area contributed by atoms with Crippen molar-refractivity contribution in [1.82, 2.24) is 14.7 Å². The minimum Gasteiger partial charge on any atom is -0.476 e. The second-order valence-electron chi connectivity index (χ2n) is 6.21. The molecule has 1 aliphatic rings. The highest BCUT2D eigenvalue weighted by Crippen LogP contribution is 2.19. The third-order valence-electron chi connectivity index (χ3n) is 4.12. The lowest BCUT2D eigenvalue weighted by molar-refractivity contribution is -0.385. The van der Waals surface area contributed by atoms with Gasteiger partial charge < -0.3 is 14.4 Å². The molecular weight excluding hydrogens is 402 g/mol. The molecule has 1 aliphatic heterocycles. The number of nitrogens with zero attached hydrogens (tertiary/aromatic N) is 4. The van der Waals surface area contributed by atoms with Gasteiger partial charge in [0.2, 0.25) is 15.9 Å². The highest BCUT2D eigenvalue weighted by Gasteiger charge is 2.18. The van der Waals surface area contributed by atoms with Crippen molar-refractivity contribution in [3.8, 4) is 5.88 Å². The maximum absolute atomic E-state index is 12.3. The topological polar surface area (TPSA) is 137 Å². The monoisotopic (exact) mass is 423 g/mol. The fraction of sp³-hybridized carbons (Fsp3) is 0.412. The summed E-state index contributed by atoms with van der Waals surface area (Å²) in [6, 6.07) is 6.54. The van der Waals surface area contributed by atoms with Gasteiger partial charge in [0.1, 0.15) is 18.2 Å². The largest absolute Gasteiger partial charge is 0.476 e. The van der Waals surface area contributed by atoms with Gasteiger partial charge in [-0.1, -0.05) is 6.07 Å². The molecule has 0 amide bonds. The number of hydrogen-bond donors (Lipinski definition) is 1. The van der Waals surface area contributed by atoms with Crippen LogP contribution < -0.4 is 14.4 Å². The van der Waals surface area contributed by atoms with E-state index in [0.717, 1.165) is 25.0 Å². The van der Waals surface area contributed by atoms with Gasteiger partial charge >= 0.3 is 0 Å². The summed E-state index contributed by atoms with van der Waals surface area (Å²) in [6.07, 6.45) is 0. The number of nitro benzene ring substituents is 1. The molecule has 1 aromatic carbocycles. The Balaban J connectivity index is 1.58. The molecule has 29 heavy (non-hydrogen) atoms. The lowest BCUT2D eigenvalue weighted by Gasteiger charge is -2.28. The maximum atomic E-state index is 12.3. The SMILES string of the molecule is Cc1nc(OCCNS(=O)(=O)c2cccc([N+](=O)[O-])c2)cc(N2CCOCC2)n1. The van der Waals surface area contributed by atoms with Crippen molar-refractivity contribution in [2.45, 2.75) is 11.8 Å². The molecule has 1 N–H and O–H groups in total. The summed E-state index contributed by atoms with van der Waals surface area (Å²) >= 11 is 0. The molecule has 0 atom stereocenters. The van der Waals surface area contributed by atoms with Crippen LogP contribution in [0.25, 0.3) is 0 Å². The molecule has 11 nitrogen and oxygen atoms in total. The first-order valence-electron chi connectivity index (χ1n) is 8.90. The van der Waals surface area contributed by atoms with E-state index in [1.807, 2.05) is 0 Å². The van der Waals surface area contributed by atoms with E-state index in [9.17, 15) is 18.5 Å². The van der Waals surface area contributed by atoms with Gasteiger partial charge in [-0.2, -0.15) is 4.98 Å². The van der Waals surface area contributed by atoms with Crippen molar-refractivity contribution in [2.24, 2.45) is 0 Å². The molecule has 2 aromatic rings. The third kappa shape index (κ3) is 5.59. The molecule has 0 radical (unpaired) electrons. The first kappa shape index (κ1) is 20.9. The quantitative estimate of drug-likeness (QED) is 0.373. The summed E-state index contributed by atoms with van der Waals surface area (Å²) < 4.78 is 37.9. The Morgan fingerprint density at radius 2 is 2.03 bits per heavy atom. The summed E-state index contributed by atoms with van der Waals surface area (Å²) in [5.41, 5.74) is -0.295. The van der Waals surface area contributed by atoms with Crippen LogP contribution in [0, 0.1) is 17.0 Å². The van der Waals surface area contributed by atoms with Crippen LogP contribution in [0.3, 0.4) is 0 Å². The van der Waals surface area contributed by atoms with Crippen molar-refractivity contribution in [3.05, 3.63) is 46.3 Å². The fourth-order valence-corrected chi connectivity index (χ4v) is 3.79. The Morgan fingerprint density at radius 1 is 1.28 bits per heavy atom. The van der Waals surface area contributed by atoms with Crippen LogP contribution >= 0.6 is 0 Å². The molecular formula is C17H21N5O6S. The summed E-state index contributed by atoms with van der Waals surface area (Å²) in [4.78, 5) is 20.7. The van der Waals surface area contributed by atoms with E-state index in [0.29, 0.717) is 24.9 Å². The number of hydrogen-bond acceptors (Lipinski definition) is 9. The summed E-state index contributed by atoms with van der Waals surface area (Å²) in [7, 11) is -3.89. The van der Waals surface area contributed by atoms with Crippen LogP contribution in [0.15, 0.2) is 35.2 Å². The standard InChI is InChI=1S/C17H21N5O6S/c1-13-19-16(21-6-9-27-10-7-21)12-17(20-13)28-8-5-18-29(25,26)15-4-2-3-14(11-15)22(23)24/h2-4,11-12,18H,5-10H2,1H3. The Bertz CT molecular complexity index is 978. The first-order chi connectivity index (χ1) is 13.8. The zero-order chi connectivity index (χ0) is 20.9. The van der Waals surface area contributed by atoms with Crippen LogP contribution in [-0.2, 0) is 14.8 Å². The molecule has 0 saturated carbocycles. The van der Waals surface area contributed by atoms with Gasteiger partial charge in [0, 0.05) is 37.8 Å². The normalized spacial score (nSPS) is 14.6. The van der Waals surface area contributed by atoms with Crippen LogP contribution in [0.4, 0.5) is 11.5 Å². The molecule has 156 valence electrons. The number of aromatic nitrogens is 2. The van der Waals surface area contributed by atoms with E-state index in [4.69, 9.17) is 9.47 Å². The second-order valence-corrected chi connectivity index (χ2v) is 7.98. The highest BCUT2D eigenvalue weighted by molar-refractivity contribution is 7.89.